The lowest BCUT2D eigenvalue weighted by Crippen LogP contribution is -2.34. The third-order valence-electron chi connectivity index (χ3n) is 4.06. The van der Waals surface area contributed by atoms with Crippen molar-refractivity contribution in [2.45, 2.75) is 26.1 Å². The van der Waals surface area contributed by atoms with Gasteiger partial charge in [0.05, 0.1) is 18.7 Å². The predicted octanol–water partition coefficient (Wildman–Crippen LogP) is 2.75. The molecular weight excluding hydrogens is 292 g/mol. The molecule has 0 saturated carbocycles. The standard InChI is InChI=1S/C18H22N2O3/c1-13(11-18(2)22-9-10-23-18)12-19-17(21)16-8-7-14-5-3-4-6-15(14)20-16/h3-8,13H,9-12H2,1-2H3,(H,19,21)/t13-/m1/s1. The van der Waals surface area contributed by atoms with E-state index in [1.807, 2.05) is 37.3 Å². The van der Waals surface area contributed by atoms with Crippen LogP contribution in [0.4, 0.5) is 0 Å². The van der Waals surface area contributed by atoms with Crippen LogP contribution in [0, 0.1) is 5.92 Å². The summed E-state index contributed by atoms with van der Waals surface area (Å²) < 4.78 is 11.2. The zero-order valence-electron chi connectivity index (χ0n) is 13.5. The highest BCUT2D eigenvalue weighted by Crippen LogP contribution is 2.26. The summed E-state index contributed by atoms with van der Waals surface area (Å²) in [5, 5.41) is 3.97. The van der Waals surface area contributed by atoms with Gasteiger partial charge in [0, 0.05) is 18.4 Å². The minimum atomic E-state index is -0.522. The highest BCUT2D eigenvalue weighted by Gasteiger charge is 2.32. The summed E-state index contributed by atoms with van der Waals surface area (Å²) >= 11 is 0. The number of carbonyl (C=O) groups is 1. The van der Waals surface area contributed by atoms with Gasteiger partial charge in [0.1, 0.15) is 5.69 Å². The van der Waals surface area contributed by atoms with Gasteiger partial charge in [0.25, 0.3) is 5.91 Å². The third-order valence-corrected chi connectivity index (χ3v) is 4.06. The molecule has 5 nitrogen and oxygen atoms in total. The maximum Gasteiger partial charge on any atom is 0.269 e. The van der Waals surface area contributed by atoms with Gasteiger partial charge in [-0.1, -0.05) is 31.2 Å². The summed E-state index contributed by atoms with van der Waals surface area (Å²) in [6.45, 7) is 5.86. The molecule has 5 heteroatoms. The average molecular weight is 314 g/mol. The van der Waals surface area contributed by atoms with Crippen LogP contribution in [-0.2, 0) is 9.47 Å². The predicted molar refractivity (Wildman–Crippen MR) is 88.2 cm³/mol. The second-order valence-electron chi connectivity index (χ2n) is 6.24. The van der Waals surface area contributed by atoms with Crippen molar-refractivity contribution in [3.05, 3.63) is 42.1 Å². The molecule has 1 fully saturated rings. The Balaban J connectivity index is 1.57. The van der Waals surface area contributed by atoms with Gasteiger partial charge in [-0.3, -0.25) is 4.79 Å². The van der Waals surface area contributed by atoms with Crippen LogP contribution >= 0.6 is 0 Å². The van der Waals surface area contributed by atoms with Crippen LogP contribution in [-0.4, -0.2) is 36.4 Å². The monoisotopic (exact) mass is 314 g/mol. The van der Waals surface area contributed by atoms with Gasteiger partial charge < -0.3 is 14.8 Å². The average Bonchev–Trinajstić information content (AvgIpc) is 2.98. The van der Waals surface area contributed by atoms with Crippen LogP contribution in [0.1, 0.15) is 30.8 Å². The Hall–Kier alpha value is -1.98. The van der Waals surface area contributed by atoms with Crippen molar-refractivity contribution in [1.82, 2.24) is 10.3 Å². The molecule has 1 N–H and O–H groups in total. The molecule has 0 radical (unpaired) electrons. The van der Waals surface area contributed by atoms with E-state index in [1.165, 1.54) is 0 Å². The number of para-hydroxylation sites is 1. The number of rotatable bonds is 5. The first-order valence-electron chi connectivity index (χ1n) is 7.98. The number of pyridine rings is 1. The van der Waals surface area contributed by atoms with Crippen molar-refractivity contribution in [2.75, 3.05) is 19.8 Å². The quantitative estimate of drug-likeness (QED) is 0.922. The first-order chi connectivity index (χ1) is 11.1. The minimum absolute atomic E-state index is 0.152. The van der Waals surface area contributed by atoms with Crippen molar-refractivity contribution in [1.29, 1.82) is 0 Å². The Kier molecular flexibility index (Phi) is 4.59. The largest absolute Gasteiger partial charge is 0.350 e. The van der Waals surface area contributed by atoms with Gasteiger partial charge in [-0.15, -0.1) is 0 Å². The van der Waals surface area contributed by atoms with Gasteiger partial charge in [-0.05, 0) is 25.0 Å². The van der Waals surface area contributed by atoms with E-state index in [0.29, 0.717) is 25.5 Å². The van der Waals surface area contributed by atoms with Gasteiger partial charge in [-0.25, -0.2) is 4.98 Å². The van der Waals surface area contributed by atoms with Gasteiger partial charge in [-0.2, -0.15) is 0 Å². The molecule has 2 heterocycles. The molecule has 1 aromatic heterocycles. The molecule has 0 unspecified atom stereocenters. The number of nitrogens with one attached hydrogen (secondary N) is 1. The summed E-state index contributed by atoms with van der Waals surface area (Å²) in [7, 11) is 0. The number of carbonyl (C=O) groups excluding carboxylic acids is 1. The van der Waals surface area contributed by atoms with Crippen molar-refractivity contribution in [3.63, 3.8) is 0 Å². The van der Waals surface area contributed by atoms with E-state index in [1.54, 1.807) is 6.07 Å². The van der Waals surface area contributed by atoms with Crippen LogP contribution < -0.4 is 5.32 Å². The van der Waals surface area contributed by atoms with Crippen molar-refractivity contribution in [3.8, 4) is 0 Å². The number of ether oxygens (including phenoxy) is 2. The van der Waals surface area contributed by atoms with E-state index in [2.05, 4.69) is 17.2 Å². The maximum atomic E-state index is 12.3. The summed E-state index contributed by atoms with van der Waals surface area (Å²) in [6.07, 6.45) is 0.748. The summed E-state index contributed by atoms with van der Waals surface area (Å²) in [4.78, 5) is 16.7. The molecule has 2 aromatic rings. The van der Waals surface area contributed by atoms with Crippen molar-refractivity contribution < 1.29 is 14.3 Å². The fourth-order valence-electron chi connectivity index (χ4n) is 2.93. The van der Waals surface area contributed by atoms with Gasteiger partial charge in [0.2, 0.25) is 0 Å². The second-order valence-corrected chi connectivity index (χ2v) is 6.24. The maximum absolute atomic E-state index is 12.3. The molecule has 122 valence electrons. The molecule has 0 aliphatic carbocycles. The fourth-order valence-corrected chi connectivity index (χ4v) is 2.93. The number of amides is 1. The Morgan fingerprint density at radius 2 is 2.00 bits per heavy atom. The number of hydrogen-bond donors (Lipinski definition) is 1. The zero-order chi connectivity index (χ0) is 16.3. The highest BCUT2D eigenvalue weighted by atomic mass is 16.7. The lowest BCUT2D eigenvalue weighted by atomic mass is 10.0. The van der Waals surface area contributed by atoms with Crippen LogP contribution in [0.15, 0.2) is 36.4 Å². The second kappa shape index (κ2) is 6.64. The van der Waals surface area contributed by atoms with Crippen LogP contribution in [0.3, 0.4) is 0 Å². The minimum Gasteiger partial charge on any atom is -0.350 e. The van der Waals surface area contributed by atoms with Crippen LogP contribution in [0.2, 0.25) is 0 Å². The SMILES string of the molecule is C[C@@H](CNC(=O)c1ccc2ccccc2n1)CC1(C)OCCO1. The van der Waals surface area contributed by atoms with E-state index in [0.717, 1.165) is 17.3 Å². The van der Waals surface area contributed by atoms with E-state index in [4.69, 9.17) is 9.47 Å². The van der Waals surface area contributed by atoms with Crippen molar-refractivity contribution >= 4 is 16.8 Å². The normalized spacial score (nSPS) is 18.0. The summed E-state index contributed by atoms with van der Waals surface area (Å²) in [5.74, 6) is -0.422. The van der Waals surface area contributed by atoms with Gasteiger partial charge >= 0.3 is 0 Å². The molecule has 1 aliphatic heterocycles. The number of hydrogen-bond acceptors (Lipinski definition) is 4. The molecule has 1 aliphatic rings. The molecular formula is C18H22N2O3. The number of fused-ring (bicyclic) bond motifs is 1. The Labute approximate surface area is 136 Å². The van der Waals surface area contributed by atoms with E-state index in [9.17, 15) is 4.79 Å². The zero-order valence-corrected chi connectivity index (χ0v) is 13.5. The molecule has 1 amide bonds. The van der Waals surface area contributed by atoms with E-state index >= 15 is 0 Å². The van der Waals surface area contributed by atoms with E-state index in [-0.39, 0.29) is 11.8 Å². The third kappa shape index (κ3) is 3.86. The molecule has 3 rings (SSSR count). The topological polar surface area (TPSA) is 60.5 Å². The lowest BCUT2D eigenvalue weighted by Gasteiger charge is -2.25. The summed E-state index contributed by atoms with van der Waals surface area (Å²) in [5.41, 5.74) is 1.27. The van der Waals surface area contributed by atoms with E-state index < -0.39 is 5.79 Å². The van der Waals surface area contributed by atoms with Crippen molar-refractivity contribution in [2.24, 2.45) is 5.92 Å². The van der Waals surface area contributed by atoms with Crippen LogP contribution in [0.25, 0.3) is 10.9 Å². The fraction of sp³-hybridized carbons (Fsp3) is 0.444. The first-order valence-corrected chi connectivity index (χ1v) is 7.98. The number of benzene rings is 1. The molecule has 0 spiro atoms. The molecule has 1 saturated heterocycles. The number of aromatic nitrogens is 1. The smallest absolute Gasteiger partial charge is 0.269 e. The molecule has 0 bridgehead atoms. The van der Waals surface area contributed by atoms with Crippen LogP contribution in [0.5, 0.6) is 0 Å². The lowest BCUT2D eigenvalue weighted by molar-refractivity contribution is -0.153. The number of nitrogens with zero attached hydrogens (tertiary/aromatic N) is 1. The Bertz CT molecular complexity index is 695. The molecule has 1 aromatic carbocycles. The summed E-state index contributed by atoms with van der Waals surface area (Å²) in [6, 6.07) is 11.4. The highest BCUT2D eigenvalue weighted by molar-refractivity contribution is 5.94. The first kappa shape index (κ1) is 15.9. The molecule has 1 atom stereocenters. The molecule has 23 heavy (non-hydrogen) atoms. The Morgan fingerprint density at radius 3 is 2.78 bits per heavy atom. The Morgan fingerprint density at radius 1 is 1.26 bits per heavy atom. The van der Waals surface area contributed by atoms with Gasteiger partial charge in [0.15, 0.2) is 5.79 Å².